The molecule has 1 unspecified atom stereocenters. The second-order valence-electron chi connectivity index (χ2n) is 21.3. The Balaban J connectivity index is 4.53. The van der Waals surface area contributed by atoms with Crippen LogP contribution in [0.4, 0.5) is 0 Å². The Labute approximate surface area is 499 Å². The summed E-state index contributed by atoms with van der Waals surface area (Å²) in [6, 6.07) is 0. The number of allylic oxidation sites excluding steroid dienone is 26. The molecule has 0 fully saturated rings. The zero-order valence-electron chi connectivity index (χ0n) is 52.2. The van der Waals surface area contributed by atoms with Crippen LogP contribution in [0.3, 0.4) is 0 Å². The topological polar surface area (TPSA) is 78.9 Å². The Kier molecular flexibility index (Phi) is 63.4. The number of unbranched alkanes of at least 4 members (excludes halogenated alkanes) is 21. The molecule has 81 heavy (non-hydrogen) atoms. The fraction of sp³-hybridized carbons (Fsp3) is 0.613. The van der Waals surface area contributed by atoms with Crippen molar-refractivity contribution in [3.05, 3.63) is 158 Å². The second kappa shape index (κ2) is 67.5. The van der Waals surface area contributed by atoms with Crippen molar-refractivity contribution in [1.82, 2.24) is 0 Å². The minimum Gasteiger partial charge on any atom is -0.462 e. The second-order valence-corrected chi connectivity index (χ2v) is 21.3. The largest absolute Gasteiger partial charge is 0.462 e. The van der Waals surface area contributed by atoms with Gasteiger partial charge in [0.25, 0.3) is 0 Å². The summed E-state index contributed by atoms with van der Waals surface area (Å²) in [6.07, 6.45) is 98.1. The summed E-state index contributed by atoms with van der Waals surface area (Å²) < 4.78 is 16.9. The van der Waals surface area contributed by atoms with Gasteiger partial charge in [-0.25, -0.2) is 0 Å². The number of hydrogen-bond acceptors (Lipinski definition) is 6. The zero-order valence-corrected chi connectivity index (χ0v) is 52.2. The average molecular weight is 1120 g/mol. The molecule has 0 spiro atoms. The quantitative estimate of drug-likeness (QED) is 0.0261. The molecule has 0 aliphatic carbocycles. The van der Waals surface area contributed by atoms with Gasteiger partial charge in [-0.1, -0.05) is 269 Å². The molecule has 0 bridgehead atoms. The Bertz CT molecular complexity index is 1810. The van der Waals surface area contributed by atoms with Crippen LogP contribution in [0.1, 0.15) is 278 Å². The highest BCUT2D eigenvalue weighted by Gasteiger charge is 2.19. The van der Waals surface area contributed by atoms with Crippen molar-refractivity contribution in [3.63, 3.8) is 0 Å². The van der Waals surface area contributed by atoms with Crippen molar-refractivity contribution in [2.24, 2.45) is 0 Å². The number of ether oxygens (including phenoxy) is 3. The number of carbonyl (C=O) groups is 3. The molecule has 0 aliphatic rings. The number of esters is 3. The summed E-state index contributed by atoms with van der Waals surface area (Å²) in [5.41, 5.74) is 0. The molecule has 0 heterocycles. The highest BCUT2D eigenvalue weighted by molar-refractivity contribution is 5.71. The molecule has 0 saturated heterocycles. The summed E-state index contributed by atoms with van der Waals surface area (Å²) in [5.74, 6) is -0.970. The zero-order chi connectivity index (χ0) is 58.5. The summed E-state index contributed by atoms with van der Waals surface area (Å²) in [4.78, 5) is 38.4. The van der Waals surface area contributed by atoms with E-state index in [0.29, 0.717) is 19.3 Å². The lowest BCUT2D eigenvalue weighted by Gasteiger charge is -2.18. The third-order valence-corrected chi connectivity index (χ3v) is 13.5. The van der Waals surface area contributed by atoms with Crippen molar-refractivity contribution in [2.45, 2.75) is 284 Å². The van der Waals surface area contributed by atoms with Crippen LogP contribution in [0.15, 0.2) is 158 Å². The van der Waals surface area contributed by atoms with E-state index < -0.39 is 6.10 Å². The van der Waals surface area contributed by atoms with Crippen LogP contribution in [0.5, 0.6) is 0 Å². The summed E-state index contributed by atoms with van der Waals surface area (Å²) >= 11 is 0. The maximum absolute atomic E-state index is 12.9. The van der Waals surface area contributed by atoms with Gasteiger partial charge >= 0.3 is 17.9 Å². The molecular weight excluding hydrogens is 997 g/mol. The van der Waals surface area contributed by atoms with Crippen LogP contribution in [0.2, 0.25) is 0 Å². The number of carbonyl (C=O) groups excluding carboxylic acids is 3. The van der Waals surface area contributed by atoms with E-state index in [1.54, 1.807) is 0 Å². The van der Waals surface area contributed by atoms with Gasteiger partial charge in [0.1, 0.15) is 13.2 Å². The maximum Gasteiger partial charge on any atom is 0.306 e. The van der Waals surface area contributed by atoms with E-state index in [0.717, 1.165) is 154 Å². The highest BCUT2D eigenvalue weighted by Crippen LogP contribution is 2.14. The van der Waals surface area contributed by atoms with E-state index in [4.69, 9.17) is 14.2 Å². The normalized spacial score (nSPS) is 13.2. The molecule has 0 aliphatic heterocycles. The molecule has 1 atom stereocenters. The molecule has 0 radical (unpaired) electrons. The number of rotatable bonds is 58. The van der Waals surface area contributed by atoms with E-state index in [1.807, 2.05) is 0 Å². The van der Waals surface area contributed by atoms with Gasteiger partial charge in [-0.05, 0) is 148 Å². The lowest BCUT2D eigenvalue weighted by atomic mass is 10.1. The standard InChI is InChI=1S/C75H120O6/c1-4-7-10-13-16-19-22-25-28-31-34-36-37-39-41-44-47-50-53-56-59-62-65-68-74(77)80-71-72(70-79-73(76)67-64-61-58-55-52-49-46-43-40-33-30-27-24-21-18-15-12-9-6-3)81-75(78)69-66-63-60-57-54-51-48-45-42-38-35-32-29-26-23-20-17-14-11-8-5-2/h7,9-10,12,16,18-19,21,23,25-28,30,32,34-36,39-41,43,47,49-50,52,72H,4-6,8,11,13-15,17,20,22,24,29,31,33,37-38,42,44-46,48,51,53-71H2,1-3H3/b10-7-,12-9-,19-16-,21-18-,26-23-,28-25-,30-27-,35-32-,36-34-,41-39-,43-40-,50-47-,52-49-. The van der Waals surface area contributed by atoms with Crippen molar-refractivity contribution in [1.29, 1.82) is 0 Å². The first-order valence-corrected chi connectivity index (χ1v) is 33.0. The number of hydrogen-bond donors (Lipinski definition) is 0. The first kappa shape index (κ1) is 76.0. The molecule has 0 aromatic rings. The van der Waals surface area contributed by atoms with Crippen LogP contribution >= 0.6 is 0 Å². The third kappa shape index (κ3) is 65.7. The van der Waals surface area contributed by atoms with Gasteiger partial charge in [0.05, 0.1) is 0 Å². The molecule has 0 aromatic heterocycles. The van der Waals surface area contributed by atoms with Crippen LogP contribution in [-0.4, -0.2) is 37.2 Å². The monoisotopic (exact) mass is 1120 g/mol. The molecule has 0 saturated carbocycles. The minimum absolute atomic E-state index is 0.110. The third-order valence-electron chi connectivity index (χ3n) is 13.5. The van der Waals surface area contributed by atoms with Gasteiger partial charge < -0.3 is 14.2 Å². The Morgan fingerprint density at radius 2 is 0.481 bits per heavy atom. The van der Waals surface area contributed by atoms with E-state index >= 15 is 0 Å². The maximum atomic E-state index is 12.9. The van der Waals surface area contributed by atoms with Gasteiger partial charge in [-0.15, -0.1) is 0 Å². The lowest BCUT2D eigenvalue weighted by molar-refractivity contribution is -0.167. The molecule has 0 N–H and O–H groups in total. The lowest BCUT2D eigenvalue weighted by Crippen LogP contribution is -2.30. The van der Waals surface area contributed by atoms with Crippen LogP contribution in [0.25, 0.3) is 0 Å². The van der Waals surface area contributed by atoms with E-state index in [1.165, 1.54) is 83.5 Å². The molecule has 0 rings (SSSR count). The Morgan fingerprint density at radius 1 is 0.259 bits per heavy atom. The minimum atomic E-state index is -0.815. The SMILES string of the molecule is CC/C=C\C/C=C\C/C=C\C/C=C\C/C=C\C/C=C\CCCCCCC(=O)OCC(COC(=O)CCCCC/C=C\C/C=C\C/C=C\C/C=C\C/C=C\CC)OC(=O)CCCCCCCCCCC/C=C\C/C=C\CCCCCCC. The van der Waals surface area contributed by atoms with Gasteiger partial charge in [0.15, 0.2) is 6.10 Å². The first-order valence-electron chi connectivity index (χ1n) is 33.0. The molecule has 0 amide bonds. The molecular formula is C75H120O6. The van der Waals surface area contributed by atoms with Crippen LogP contribution in [0, 0.1) is 0 Å². The summed E-state index contributed by atoms with van der Waals surface area (Å²) in [6.45, 7) is 6.36. The molecule has 456 valence electrons. The van der Waals surface area contributed by atoms with Crippen LogP contribution in [-0.2, 0) is 28.6 Å². The smallest absolute Gasteiger partial charge is 0.306 e. The predicted octanol–water partition coefficient (Wildman–Crippen LogP) is 22.9. The average Bonchev–Trinajstić information content (AvgIpc) is 3.47. The van der Waals surface area contributed by atoms with Gasteiger partial charge in [-0.2, -0.15) is 0 Å². The fourth-order valence-corrected chi connectivity index (χ4v) is 8.62. The van der Waals surface area contributed by atoms with Gasteiger partial charge in [-0.3, -0.25) is 14.4 Å². The Morgan fingerprint density at radius 3 is 0.765 bits per heavy atom. The fourth-order valence-electron chi connectivity index (χ4n) is 8.62. The van der Waals surface area contributed by atoms with E-state index in [-0.39, 0.29) is 31.1 Å². The molecule has 0 aromatic carbocycles. The summed E-state index contributed by atoms with van der Waals surface area (Å²) in [7, 11) is 0. The summed E-state index contributed by atoms with van der Waals surface area (Å²) in [5, 5.41) is 0. The van der Waals surface area contributed by atoms with Crippen molar-refractivity contribution >= 4 is 17.9 Å². The van der Waals surface area contributed by atoms with Crippen molar-refractivity contribution in [2.75, 3.05) is 13.2 Å². The Hall–Kier alpha value is -4.97. The van der Waals surface area contributed by atoms with Gasteiger partial charge in [0.2, 0.25) is 0 Å². The molecule has 6 nitrogen and oxygen atoms in total. The highest BCUT2D eigenvalue weighted by atomic mass is 16.6. The predicted molar refractivity (Wildman–Crippen MR) is 352 cm³/mol. The molecule has 6 heteroatoms. The van der Waals surface area contributed by atoms with E-state index in [9.17, 15) is 14.4 Å². The van der Waals surface area contributed by atoms with Crippen LogP contribution < -0.4 is 0 Å². The van der Waals surface area contributed by atoms with Gasteiger partial charge in [0, 0.05) is 19.3 Å². The first-order chi connectivity index (χ1) is 40.0. The van der Waals surface area contributed by atoms with Crippen molar-refractivity contribution < 1.29 is 28.6 Å². The van der Waals surface area contributed by atoms with Crippen molar-refractivity contribution in [3.8, 4) is 0 Å². The van der Waals surface area contributed by atoms with E-state index in [2.05, 4.69) is 179 Å².